The third kappa shape index (κ3) is 3.32. The summed E-state index contributed by atoms with van der Waals surface area (Å²) >= 11 is 0. The van der Waals surface area contributed by atoms with E-state index in [9.17, 15) is 13.2 Å². The smallest absolute Gasteiger partial charge is 0.400 e. The number of oxime groups is 1. The van der Waals surface area contributed by atoms with E-state index in [4.69, 9.17) is 10.9 Å². The van der Waals surface area contributed by atoms with Crippen molar-refractivity contribution in [1.82, 2.24) is 5.32 Å². The van der Waals surface area contributed by atoms with Crippen LogP contribution in [0.15, 0.2) is 5.16 Å². The number of hydrogen-bond acceptors (Lipinski definition) is 3. The summed E-state index contributed by atoms with van der Waals surface area (Å²) in [5.41, 5.74) is 5.10. The van der Waals surface area contributed by atoms with Crippen LogP contribution in [-0.2, 0) is 0 Å². The maximum atomic E-state index is 12.7. The number of alkyl halides is 3. The van der Waals surface area contributed by atoms with E-state index in [1.165, 1.54) is 19.3 Å². The standard InChI is InChI=1S/C12H20F3N3O/c13-12(14,15)10(11(16)18-19)6-17-5-9-4-7-1-2-8(9)3-7/h7-10,17,19H,1-6H2,(H2,16,18). The van der Waals surface area contributed by atoms with Gasteiger partial charge in [-0.15, -0.1) is 0 Å². The summed E-state index contributed by atoms with van der Waals surface area (Å²) in [5.74, 6) is -0.770. The molecule has 0 amide bonds. The highest BCUT2D eigenvalue weighted by molar-refractivity contribution is 5.83. The zero-order chi connectivity index (χ0) is 14.0. The number of amidine groups is 1. The minimum Gasteiger partial charge on any atom is -0.409 e. The van der Waals surface area contributed by atoms with E-state index in [2.05, 4.69) is 10.5 Å². The van der Waals surface area contributed by atoms with Gasteiger partial charge in [0.1, 0.15) is 5.92 Å². The number of halogens is 3. The molecule has 19 heavy (non-hydrogen) atoms. The van der Waals surface area contributed by atoms with Gasteiger partial charge in [0, 0.05) is 6.54 Å². The topological polar surface area (TPSA) is 70.6 Å². The first-order chi connectivity index (χ1) is 8.91. The number of nitrogens with two attached hydrogens (primary N) is 1. The first kappa shape index (κ1) is 14.4. The predicted octanol–water partition coefficient (Wildman–Crippen LogP) is 1.94. The molecule has 2 bridgehead atoms. The molecular weight excluding hydrogens is 259 g/mol. The molecule has 2 aliphatic rings. The van der Waals surface area contributed by atoms with Crippen molar-refractivity contribution in [2.75, 3.05) is 13.1 Å². The van der Waals surface area contributed by atoms with Crippen molar-refractivity contribution in [1.29, 1.82) is 0 Å². The van der Waals surface area contributed by atoms with Crippen LogP contribution in [0, 0.1) is 23.7 Å². The Kier molecular flexibility index (Phi) is 4.23. The second-order valence-electron chi connectivity index (χ2n) is 5.71. The van der Waals surface area contributed by atoms with Crippen LogP contribution >= 0.6 is 0 Å². The predicted molar refractivity (Wildman–Crippen MR) is 64.8 cm³/mol. The lowest BCUT2D eigenvalue weighted by Gasteiger charge is -2.24. The van der Waals surface area contributed by atoms with Crippen LogP contribution in [0.3, 0.4) is 0 Å². The summed E-state index contributed by atoms with van der Waals surface area (Å²) in [5, 5.41) is 13.7. The summed E-state index contributed by atoms with van der Waals surface area (Å²) in [4.78, 5) is 0. The highest BCUT2D eigenvalue weighted by atomic mass is 19.4. The van der Waals surface area contributed by atoms with Crippen molar-refractivity contribution in [2.45, 2.75) is 31.9 Å². The van der Waals surface area contributed by atoms with Crippen molar-refractivity contribution in [2.24, 2.45) is 34.6 Å². The van der Waals surface area contributed by atoms with Gasteiger partial charge < -0.3 is 16.3 Å². The number of fused-ring (bicyclic) bond motifs is 2. The Hall–Kier alpha value is -0.980. The lowest BCUT2D eigenvalue weighted by molar-refractivity contribution is -0.155. The highest BCUT2D eigenvalue weighted by Gasteiger charge is 2.43. The molecule has 0 saturated heterocycles. The van der Waals surface area contributed by atoms with Crippen LogP contribution in [0.1, 0.15) is 25.7 Å². The van der Waals surface area contributed by atoms with Gasteiger partial charge in [-0.25, -0.2) is 0 Å². The zero-order valence-electron chi connectivity index (χ0n) is 10.7. The summed E-state index contributed by atoms with van der Waals surface area (Å²) in [6, 6.07) is 0. The summed E-state index contributed by atoms with van der Waals surface area (Å²) in [7, 11) is 0. The Bertz CT molecular complexity index is 346. The largest absolute Gasteiger partial charge is 0.409 e. The van der Waals surface area contributed by atoms with Crippen molar-refractivity contribution in [3.63, 3.8) is 0 Å². The highest BCUT2D eigenvalue weighted by Crippen LogP contribution is 2.47. The molecule has 4 nitrogen and oxygen atoms in total. The molecule has 2 rings (SSSR count). The molecule has 7 heteroatoms. The van der Waals surface area contributed by atoms with Crippen molar-refractivity contribution < 1.29 is 18.4 Å². The average Bonchev–Trinajstić information content (AvgIpc) is 2.94. The fourth-order valence-corrected chi connectivity index (χ4v) is 3.50. The number of nitrogens with zero attached hydrogens (tertiary/aromatic N) is 1. The molecule has 4 unspecified atom stereocenters. The Morgan fingerprint density at radius 3 is 2.58 bits per heavy atom. The molecule has 0 aromatic heterocycles. The molecule has 0 aliphatic heterocycles. The van der Waals surface area contributed by atoms with Crippen molar-refractivity contribution in [3.05, 3.63) is 0 Å². The molecule has 0 aromatic carbocycles. The van der Waals surface area contributed by atoms with Gasteiger partial charge in [0.25, 0.3) is 0 Å². The Morgan fingerprint density at radius 2 is 2.11 bits per heavy atom. The van der Waals surface area contributed by atoms with E-state index in [1.54, 1.807) is 0 Å². The second kappa shape index (κ2) is 5.56. The molecule has 0 spiro atoms. The van der Waals surface area contributed by atoms with Crippen LogP contribution in [0.5, 0.6) is 0 Å². The monoisotopic (exact) mass is 279 g/mol. The molecule has 2 saturated carbocycles. The second-order valence-corrected chi connectivity index (χ2v) is 5.71. The van der Waals surface area contributed by atoms with E-state index >= 15 is 0 Å². The van der Waals surface area contributed by atoms with Crippen LogP contribution in [0.25, 0.3) is 0 Å². The molecule has 0 aromatic rings. The minimum absolute atomic E-state index is 0.326. The van der Waals surface area contributed by atoms with Gasteiger partial charge in [-0.1, -0.05) is 11.6 Å². The van der Waals surface area contributed by atoms with Gasteiger partial charge in [0.05, 0.1) is 0 Å². The average molecular weight is 279 g/mol. The molecule has 0 radical (unpaired) electrons. The minimum atomic E-state index is -4.49. The molecular formula is C12H20F3N3O. The molecule has 2 aliphatic carbocycles. The quantitative estimate of drug-likeness (QED) is 0.312. The lowest BCUT2D eigenvalue weighted by atomic mass is 9.89. The van der Waals surface area contributed by atoms with Crippen molar-refractivity contribution >= 4 is 5.84 Å². The fraction of sp³-hybridized carbons (Fsp3) is 0.917. The van der Waals surface area contributed by atoms with Crippen molar-refractivity contribution in [3.8, 4) is 0 Å². The zero-order valence-corrected chi connectivity index (χ0v) is 10.7. The summed E-state index contributed by atoms with van der Waals surface area (Å²) in [6.45, 7) is 0.264. The lowest BCUT2D eigenvalue weighted by Crippen LogP contribution is -2.44. The van der Waals surface area contributed by atoms with E-state index < -0.39 is 17.9 Å². The Labute approximate surface area is 110 Å². The van der Waals surface area contributed by atoms with Gasteiger partial charge in [0.15, 0.2) is 5.84 Å². The van der Waals surface area contributed by atoms with Gasteiger partial charge in [-0.3, -0.25) is 0 Å². The molecule has 4 N–H and O–H groups in total. The third-order valence-corrected chi connectivity index (χ3v) is 4.51. The molecule has 0 heterocycles. The van der Waals surface area contributed by atoms with Gasteiger partial charge in [-0.05, 0) is 43.6 Å². The van der Waals surface area contributed by atoms with Crippen LogP contribution in [0.4, 0.5) is 13.2 Å². The summed E-state index contributed by atoms with van der Waals surface area (Å²) in [6.07, 6.45) is 0.349. The van der Waals surface area contributed by atoms with E-state index in [0.29, 0.717) is 18.4 Å². The van der Waals surface area contributed by atoms with Gasteiger partial charge >= 0.3 is 6.18 Å². The van der Waals surface area contributed by atoms with Gasteiger partial charge in [-0.2, -0.15) is 13.2 Å². The normalized spacial score (nSPS) is 32.8. The molecule has 4 atom stereocenters. The Balaban J connectivity index is 1.80. The summed E-state index contributed by atoms with van der Waals surface area (Å²) < 4.78 is 38.1. The third-order valence-electron chi connectivity index (χ3n) is 4.51. The number of rotatable bonds is 5. The first-order valence-electron chi connectivity index (χ1n) is 6.66. The van der Waals surface area contributed by atoms with E-state index in [1.807, 2.05) is 0 Å². The van der Waals surface area contributed by atoms with Crippen LogP contribution in [0.2, 0.25) is 0 Å². The van der Waals surface area contributed by atoms with E-state index in [0.717, 1.165) is 12.3 Å². The van der Waals surface area contributed by atoms with Crippen LogP contribution < -0.4 is 11.1 Å². The first-order valence-corrected chi connectivity index (χ1v) is 6.66. The SMILES string of the molecule is NC(=NO)C(CNCC1CC2CCC1C2)C(F)(F)F. The maximum absolute atomic E-state index is 12.7. The number of hydrogen-bond donors (Lipinski definition) is 3. The Morgan fingerprint density at radius 1 is 1.37 bits per heavy atom. The molecule has 2 fully saturated rings. The van der Waals surface area contributed by atoms with Crippen LogP contribution in [-0.4, -0.2) is 30.3 Å². The fourth-order valence-electron chi connectivity index (χ4n) is 3.50. The van der Waals surface area contributed by atoms with E-state index in [-0.39, 0.29) is 6.54 Å². The van der Waals surface area contributed by atoms with Gasteiger partial charge in [0.2, 0.25) is 0 Å². The molecule has 110 valence electrons. The maximum Gasteiger partial charge on any atom is 0.400 e. The number of nitrogens with one attached hydrogen (secondary N) is 1.